The van der Waals surface area contributed by atoms with Gasteiger partial charge in [-0.3, -0.25) is 14.5 Å². The number of carbonyl (C=O) groups is 2. The van der Waals surface area contributed by atoms with Crippen molar-refractivity contribution in [2.24, 2.45) is 4.99 Å². The van der Waals surface area contributed by atoms with E-state index in [4.69, 9.17) is 19.2 Å². The maximum atomic E-state index is 13.3. The van der Waals surface area contributed by atoms with Crippen molar-refractivity contribution in [3.05, 3.63) is 78.4 Å². The van der Waals surface area contributed by atoms with Crippen molar-refractivity contribution in [3.63, 3.8) is 0 Å². The van der Waals surface area contributed by atoms with Gasteiger partial charge in [0.1, 0.15) is 22.5 Å². The molecule has 1 saturated heterocycles. The first-order valence-electron chi connectivity index (χ1n) is 11.9. The number of rotatable bonds is 9. The van der Waals surface area contributed by atoms with Gasteiger partial charge in [-0.2, -0.15) is 0 Å². The van der Waals surface area contributed by atoms with Gasteiger partial charge in [0, 0.05) is 18.2 Å². The number of carbonyl (C=O) groups excluding carboxylic acids is 2. The molecule has 8 nitrogen and oxygen atoms in total. The monoisotopic (exact) mass is 519 g/mol. The smallest absolute Gasteiger partial charge is 0.238 e. The highest BCUT2D eigenvalue weighted by Gasteiger charge is 2.36. The molecule has 0 unspecified atom stereocenters. The molecule has 0 aromatic heterocycles. The third-order valence-corrected chi connectivity index (χ3v) is 6.83. The third kappa shape index (κ3) is 6.83. The highest BCUT2D eigenvalue weighted by atomic mass is 32.2. The lowest BCUT2D eigenvalue weighted by Crippen LogP contribution is -2.44. The van der Waals surface area contributed by atoms with E-state index in [0.717, 1.165) is 11.3 Å². The maximum absolute atomic E-state index is 13.3. The predicted octanol–water partition coefficient (Wildman–Crippen LogP) is 5.26. The zero-order valence-electron chi connectivity index (χ0n) is 21.0. The number of amides is 2. The van der Waals surface area contributed by atoms with Crippen LogP contribution in [0.25, 0.3) is 0 Å². The molecule has 1 aliphatic heterocycles. The van der Waals surface area contributed by atoms with Gasteiger partial charge in [-0.1, -0.05) is 30.0 Å². The summed E-state index contributed by atoms with van der Waals surface area (Å²) < 4.78 is 16.0. The van der Waals surface area contributed by atoms with E-state index in [1.165, 1.54) is 11.8 Å². The Balaban J connectivity index is 1.57. The molecule has 3 aromatic rings. The van der Waals surface area contributed by atoms with Crippen LogP contribution in [0.5, 0.6) is 17.2 Å². The van der Waals surface area contributed by atoms with Crippen molar-refractivity contribution in [2.75, 3.05) is 26.1 Å². The summed E-state index contributed by atoms with van der Waals surface area (Å²) in [4.78, 5) is 32.8. The van der Waals surface area contributed by atoms with Crippen LogP contribution >= 0.6 is 11.8 Å². The zero-order chi connectivity index (χ0) is 26.2. The van der Waals surface area contributed by atoms with E-state index in [2.05, 4.69) is 5.32 Å². The second-order valence-electron chi connectivity index (χ2n) is 8.18. The lowest BCUT2D eigenvalue weighted by molar-refractivity contribution is -0.129. The number of amidine groups is 1. The Morgan fingerprint density at radius 3 is 2.32 bits per heavy atom. The molecule has 0 aliphatic carbocycles. The van der Waals surface area contributed by atoms with E-state index in [0.29, 0.717) is 41.2 Å². The van der Waals surface area contributed by atoms with Gasteiger partial charge in [-0.05, 0) is 61.0 Å². The minimum absolute atomic E-state index is 0.0550. The number of methoxy groups -OCH3 is 2. The number of anilines is 1. The number of ether oxygens (including phenoxy) is 3. The first kappa shape index (κ1) is 26.1. The Morgan fingerprint density at radius 1 is 1.00 bits per heavy atom. The van der Waals surface area contributed by atoms with Crippen molar-refractivity contribution in [3.8, 4) is 17.2 Å². The van der Waals surface area contributed by atoms with Gasteiger partial charge in [-0.15, -0.1) is 0 Å². The van der Waals surface area contributed by atoms with Gasteiger partial charge < -0.3 is 19.5 Å². The van der Waals surface area contributed by atoms with Crippen molar-refractivity contribution < 1.29 is 23.8 Å². The lowest BCUT2D eigenvalue weighted by atomic mass is 10.2. The molecule has 9 heteroatoms. The van der Waals surface area contributed by atoms with Gasteiger partial charge in [0.15, 0.2) is 5.17 Å². The standard InChI is InChI=1S/C28H29N3O5S/c1-4-36-24-7-5-6-21(16-24)29-27(33)25-17-26(32)31(18-19-8-12-22(34-2)13-9-19)28(37-25)30-20-10-14-23(35-3)15-11-20/h5-16,25H,4,17-18H2,1-3H3,(H,29,33)/t25-/m0/s1. The van der Waals surface area contributed by atoms with Crippen LogP contribution in [0.4, 0.5) is 11.4 Å². The Labute approximate surface area is 220 Å². The summed E-state index contributed by atoms with van der Waals surface area (Å²) in [5, 5.41) is 2.74. The average molecular weight is 520 g/mol. The SMILES string of the molecule is CCOc1cccc(NC(=O)[C@@H]2CC(=O)N(Cc3ccc(OC)cc3)C(=Nc3ccc(OC)cc3)S2)c1. The molecule has 1 aliphatic rings. The highest BCUT2D eigenvalue weighted by molar-refractivity contribution is 8.15. The fraction of sp³-hybridized carbons (Fsp3) is 0.250. The van der Waals surface area contributed by atoms with E-state index >= 15 is 0 Å². The van der Waals surface area contributed by atoms with Gasteiger partial charge in [-0.25, -0.2) is 4.99 Å². The molecule has 0 saturated carbocycles. The quantitative estimate of drug-likeness (QED) is 0.415. The normalized spacial score (nSPS) is 16.4. The minimum atomic E-state index is -0.632. The number of thioether (sulfide) groups is 1. The van der Waals surface area contributed by atoms with Crippen molar-refractivity contribution in [1.82, 2.24) is 4.90 Å². The van der Waals surface area contributed by atoms with E-state index in [9.17, 15) is 9.59 Å². The highest BCUT2D eigenvalue weighted by Crippen LogP contribution is 2.32. The van der Waals surface area contributed by atoms with E-state index in [1.54, 1.807) is 43.4 Å². The Kier molecular flexibility index (Phi) is 8.68. The van der Waals surface area contributed by atoms with Crippen LogP contribution in [-0.2, 0) is 16.1 Å². The van der Waals surface area contributed by atoms with Crippen LogP contribution in [0.2, 0.25) is 0 Å². The van der Waals surface area contributed by atoms with Crippen molar-refractivity contribution >= 4 is 40.1 Å². The first-order valence-corrected chi connectivity index (χ1v) is 12.7. The molecule has 4 rings (SSSR count). The molecule has 3 aromatic carbocycles. The molecule has 1 fully saturated rings. The molecule has 1 heterocycles. The number of hydrogen-bond acceptors (Lipinski definition) is 7. The molecule has 0 radical (unpaired) electrons. The van der Waals surface area contributed by atoms with Gasteiger partial charge >= 0.3 is 0 Å². The average Bonchev–Trinajstić information content (AvgIpc) is 2.91. The summed E-state index contributed by atoms with van der Waals surface area (Å²) in [7, 11) is 3.21. The summed E-state index contributed by atoms with van der Waals surface area (Å²) >= 11 is 1.27. The summed E-state index contributed by atoms with van der Waals surface area (Å²) in [5.74, 6) is 1.67. The Hall–Kier alpha value is -3.98. The van der Waals surface area contributed by atoms with Crippen LogP contribution in [0.1, 0.15) is 18.9 Å². The number of hydrogen-bond donors (Lipinski definition) is 1. The molecular weight excluding hydrogens is 490 g/mol. The molecule has 2 amide bonds. The van der Waals surface area contributed by atoms with Crippen molar-refractivity contribution in [2.45, 2.75) is 25.1 Å². The fourth-order valence-corrected chi connectivity index (χ4v) is 4.83. The van der Waals surface area contributed by atoms with E-state index in [-0.39, 0.29) is 18.2 Å². The van der Waals surface area contributed by atoms with Crippen molar-refractivity contribution in [1.29, 1.82) is 0 Å². The fourth-order valence-electron chi connectivity index (χ4n) is 3.73. The minimum Gasteiger partial charge on any atom is -0.497 e. The summed E-state index contributed by atoms with van der Waals surface area (Å²) in [6.07, 6.45) is 0.0550. The number of aliphatic imine (C=N–C) groups is 1. The summed E-state index contributed by atoms with van der Waals surface area (Å²) in [6, 6.07) is 21.9. The molecule has 1 N–H and O–H groups in total. The molecule has 0 spiro atoms. The van der Waals surface area contributed by atoms with Gasteiger partial charge in [0.2, 0.25) is 11.8 Å². The number of benzene rings is 3. The molecule has 1 atom stereocenters. The van der Waals surface area contributed by atoms with Crippen LogP contribution < -0.4 is 19.5 Å². The summed E-state index contributed by atoms with van der Waals surface area (Å²) in [6.45, 7) is 2.76. The zero-order valence-corrected chi connectivity index (χ0v) is 21.8. The van der Waals surface area contributed by atoms with Crippen LogP contribution in [-0.4, -0.2) is 48.0 Å². The van der Waals surface area contributed by atoms with E-state index in [1.807, 2.05) is 55.5 Å². The second-order valence-corrected chi connectivity index (χ2v) is 9.35. The topological polar surface area (TPSA) is 89.5 Å². The van der Waals surface area contributed by atoms with Crippen LogP contribution in [0.3, 0.4) is 0 Å². The second kappa shape index (κ2) is 12.3. The van der Waals surface area contributed by atoms with Crippen LogP contribution in [0, 0.1) is 0 Å². The summed E-state index contributed by atoms with van der Waals surface area (Å²) in [5.41, 5.74) is 2.19. The van der Waals surface area contributed by atoms with E-state index < -0.39 is 5.25 Å². The number of nitrogens with zero attached hydrogens (tertiary/aromatic N) is 2. The molecule has 37 heavy (non-hydrogen) atoms. The molecule has 192 valence electrons. The largest absolute Gasteiger partial charge is 0.497 e. The Bertz CT molecular complexity index is 1260. The molecule has 0 bridgehead atoms. The number of nitrogens with one attached hydrogen (secondary N) is 1. The third-order valence-electron chi connectivity index (χ3n) is 5.64. The predicted molar refractivity (Wildman–Crippen MR) is 146 cm³/mol. The van der Waals surface area contributed by atoms with Crippen LogP contribution in [0.15, 0.2) is 77.8 Å². The lowest BCUT2D eigenvalue weighted by Gasteiger charge is -2.32. The first-order chi connectivity index (χ1) is 18.0. The maximum Gasteiger partial charge on any atom is 0.238 e. The van der Waals surface area contributed by atoms with Gasteiger partial charge in [0.05, 0.1) is 33.1 Å². The Morgan fingerprint density at radius 2 is 1.68 bits per heavy atom. The van der Waals surface area contributed by atoms with Gasteiger partial charge in [0.25, 0.3) is 0 Å². The molecular formula is C28H29N3O5S.